The number of fused-ring (bicyclic) bond motifs is 1. The molecule has 1 saturated heterocycles. The zero-order valence-corrected chi connectivity index (χ0v) is 15.5. The smallest absolute Gasteiger partial charge is 0.231 e. The standard InChI is InChI=1S/C21H26N2O3/c1-15-9-16(2)21(24)18(10-15)13-23-7-5-22(6-8-23)12-17-3-4-19-20(11-17)26-14-25-19/h3-4,9-11,24H,5-8,12-14H2,1-2H3. The maximum absolute atomic E-state index is 10.3. The second-order valence-corrected chi connectivity index (χ2v) is 7.33. The third-order valence-corrected chi connectivity index (χ3v) is 5.23. The van der Waals surface area contributed by atoms with E-state index in [1.165, 1.54) is 11.1 Å². The summed E-state index contributed by atoms with van der Waals surface area (Å²) in [4.78, 5) is 4.89. The van der Waals surface area contributed by atoms with Crippen LogP contribution in [0.4, 0.5) is 0 Å². The Morgan fingerprint density at radius 3 is 2.35 bits per heavy atom. The van der Waals surface area contributed by atoms with Crippen molar-refractivity contribution in [2.75, 3.05) is 33.0 Å². The van der Waals surface area contributed by atoms with Crippen molar-refractivity contribution >= 4 is 0 Å². The second kappa shape index (κ2) is 7.17. The summed E-state index contributed by atoms with van der Waals surface area (Å²) in [6, 6.07) is 10.3. The molecule has 2 aliphatic heterocycles. The summed E-state index contributed by atoms with van der Waals surface area (Å²) < 4.78 is 10.8. The van der Waals surface area contributed by atoms with Crippen molar-refractivity contribution in [2.45, 2.75) is 26.9 Å². The van der Waals surface area contributed by atoms with Gasteiger partial charge in [0.05, 0.1) is 0 Å². The zero-order valence-electron chi connectivity index (χ0n) is 15.5. The number of benzene rings is 2. The number of hydrogen-bond acceptors (Lipinski definition) is 5. The van der Waals surface area contributed by atoms with Crippen LogP contribution < -0.4 is 9.47 Å². The van der Waals surface area contributed by atoms with Crippen LogP contribution in [0.15, 0.2) is 30.3 Å². The molecule has 0 atom stereocenters. The van der Waals surface area contributed by atoms with Gasteiger partial charge in [-0.15, -0.1) is 0 Å². The minimum atomic E-state index is 0.322. The molecule has 2 aliphatic rings. The quantitative estimate of drug-likeness (QED) is 0.914. The van der Waals surface area contributed by atoms with Gasteiger partial charge in [-0.25, -0.2) is 0 Å². The molecule has 5 nitrogen and oxygen atoms in total. The molecule has 2 aromatic rings. The molecule has 0 radical (unpaired) electrons. The van der Waals surface area contributed by atoms with Crippen molar-refractivity contribution in [3.05, 3.63) is 52.6 Å². The van der Waals surface area contributed by atoms with Gasteiger partial charge >= 0.3 is 0 Å². The average Bonchev–Trinajstić information content (AvgIpc) is 3.09. The topological polar surface area (TPSA) is 45.2 Å². The third-order valence-electron chi connectivity index (χ3n) is 5.23. The first kappa shape index (κ1) is 17.2. The van der Waals surface area contributed by atoms with Crippen molar-refractivity contribution < 1.29 is 14.6 Å². The molecule has 4 rings (SSSR count). The molecule has 0 spiro atoms. The molecule has 0 unspecified atom stereocenters. The van der Waals surface area contributed by atoms with Crippen molar-refractivity contribution in [1.29, 1.82) is 0 Å². The molecule has 2 heterocycles. The average molecular weight is 354 g/mol. The largest absolute Gasteiger partial charge is 0.507 e. The number of hydrogen-bond donors (Lipinski definition) is 1. The van der Waals surface area contributed by atoms with E-state index < -0.39 is 0 Å². The summed E-state index contributed by atoms with van der Waals surface area (Å²) in [5.41, 5.74) is 4.46. The van der Waals surface area contributed by atoms with Crippen molar-refractivity contribution in [3.8, 4) is 17.2 Å². The Bertz CT molecular complexity index is 798. The highest BCUT2D eigenvalue weighted by Crippen LogP contribution is 2.33. The fraction of sp³-hybridized carbons (Fsp3) is 0.429. The van der Waals surface area contributed by atoms with Crippen LogP contribution in [0.25, 0.3) is 0 Å². The van der Waals surface area contributed by atoms with Crippen LogP contribution in [0.5, 0.6) is 17.2 Å². The highest BCUT2D eigenvalue weighted by atomic mass is 16.7. The van der Waals surface area contributed by atoms with Gasteiger partial charge in [-0.3, -0.25) is 9.80 Å². The molecule has 5 heteroatoms. The second-order valence-electron chi connectivity index (χ2n) is 7.33. The number of phenols is 1. The van der Waals surface area contributed by atoms with E-state index in [-0.39, 0.29) is 0 Å². The van der Waals surface area contributed by atoms with Gasteiger partial charge in [0, 0.05) is 44.8 Å². The first-order valence-corrected chi connectivity index (χ1v) is 9.21. The zero-order chi connectivity index (χ0) is 18.1. The summed E-state index contributed by atoms with van der Waals surface area (Å²) >= 11 is 0. The minimum Gasteiger partial charge on any atom is -0.507 e. The Morgan fingerprint density at radius 2 is 1.58 bits per heavy atom. The molecule has 0 saturated carbocycles. The first-order chi connectivity index (χ1) is 12.6. The van der Waals surface area contributed by atoms with Crippen LogP contribution in [0.2, 0.25) is 0 Å². The predicted molar refractivity (Wildman–Crippen MR) is 101 cm³/mol. The van der Waals surface area contributed by atoms with Crippen LogP contribution in [0.1, 0.15) is 22.3 Å². The van der Waals surface area contributed by atoms with Gasteiger partial charge in [-0.1, -0.05) is 23.8 Å². The Morgan fingerprint density at radius 1 is 0.885 bits per heavy atom. The van der Waals surface area contributed by atoms with E-state index in [4.69, 9.17) is 9.47 Å². The Hall–Kier alpha value is -2.24. The maximum Gasteiger partial charge on any atom is 0.231 e. The highest BCUT2D eigenvalue weighted by Gasteiger charge is 2.20. The molecule has 26 heavy (non-hydrogen) atoms. The van der Waals surface area contributed by atoms with E-state index in [1.54, 1.807) is 0 Å². The predicted octanol–water partition coefficient (Wildman–Crippen LogP) is 3.06. The van der Waals surface area contributed by atoms with E-state index in [1.807, 2.05) is 19.1 Å². The number of phenolic OH excluding ortho intramolecular Hbond substituents is 1. The molecule has 1 fully saturated rings. The summed E-state index contributed by atoms with van der Waals surface area (Å²) in [5.74, 6) is 2.14. The summed E-state index contributed by atoms with van der Waals surface area (Å²) in [6.45, 7) is 10.2. The molecule has 0 bridgehead atoms. The van der Waals surface area contributed by atoms with Crippen LogP contribution >= 0.6 is 0 Å². The Balaban J connectivity index is 1.33. The number of aryl methyl sites for hydroxylation is 2. The highest BCUT2D eigenvalue weighted by molar-refractivity contribution is 5.44. The van der Waals surface area contributed by atoms with Gasteiger partial charge in [0.15, 0.2) is 11.5 Å². The molecule has 2 aromatic carbocycles. The van der Waals surface area contributed by atoms with E-state index in [2.05, 4.69) is 34.9 Å². The Labute approximate surface area is 154 Å². The van der Waals surface area contributed by atoms with Gasteiger partial charge in [0.2, 0.25) is 6.79 Å². The molecular formula is C21H26N2O3. The Kier molecular flexibility index (Phi) is 4.74. The van der Waals surface area contributed by atoms with E-state index in [0.29, 0.717) is 12.5 Å². The van der Waals surface area contributed by atoms with E-state index in [0.717, 1.165) is 61.9 Å². The maximum atomic E-state index is 10.3. The van der Waals surface area contributed by atoms with Gasteiger partial charge in [-0.05, 0) is 37.1 Å². The lowest BCUT2D eigenvalue weighted by molar-refractivity contribution is 0.121. The lowest BCUT2D eigenvalue weighted by Gasteiger charge is -2.35. The van der Waals surface area contributed by atoms with E-state index >= 15 is 0 Å². The van der Waals surface area contributed by atoms with Crippen molar-refractivity contribution in [2.24, 2.45) is 0 Å². The van der Waals surface area contributed by atoms with Gasteiger partial charge in [0.25, 0.3) is 0 Å². The summed E-state index contributed by atoms with van der Waals surface area (Å²) in [5, 5.41) is 10.3. The fourth-order valence-corrected chi connectivity index (χ4v) is 3.81. The molecule has 138 valence electrons. The molecular weight excluding hydrogens is 328 g/mol. The number of rotatable bonds is 4. The summed E-state index contributed by atoms with van der Waals surface area (Å²) in [7, 11) is 0. The lowest BCUT2D eigenvalue weighted by Crippen LogP contribution is -2.45. The van der Waals surface area contributed by atoms with Crippen molar-refractivity contribution in [3.63, 3.8) is 0 Å². The molecule has 0 aromatic heterocycles. The molecule has 0 amide bonds. The minimum absolute atomic E-state index is 0.322. The summed E-state index contributed by atoms with van der Waals surface area (Å²) in [6.07, 6.45) is 0. The molecule has 0 aliphatic carbocycles. The van der Waals surface area contributed by atoms with Crippen LogP contribution in [-0.2, 0) is 13.1 Å². The van der Waals surface area contributed by atoms with Gasteiger partial charge in [-0.2, -0.15) is 0 Å². The first-order valence-electron chi connectivity index (χ1n) is 9.21. The van der Waals surface area contributed by atoms with Crippen molar-refractivity contribution in [1.82, 2.24) is 9.80 Å². The number of nitrogens with zero attached hydrogens (tertiary/aromatic N) is 2. The van der Waals surface area contributed by atoms with E-state index in [9.17, 15) is 5.11 Å². The monoisotopic (exact) mass is 354 g/mol. The van der Waals surface area contributed by atoms with Crippen LogP contribution in [-0.4, -0.2) is 47.9 Å². The SMILES string of the molecule is Cc1cc(C)c(O)c(CN2CCN(Cc3ccc4c(c3)OCO4)CC2)c1. The van der Waals surface area contributed by atoms with Crippen LogP contribution in [0, 0.1) is 13.8 Å². The number of ether oxygens (including phenoxy) is 2. The lowest BCUT2D eigenvalue weighted by atomic mass is 10.0. The molecule has 1 N–H and O–H groups in total. The van der Waals surface area contributed by atoms with Gasteiger partial charge < -0.3 is 14.6 Å². The number of aromatic hydroxyl groups is 1. The fourth-order valence-electron chi connectivity index (χ4n) is 3.81. The number of piperazine rings is 1. The van der Waals surface area contributed by atoms with Gasteiger partial charge in [0.1, 0.15) is 5.75 Å². The van der Waals surface area contributed by atoms with Crippen LogP contribution in [0.3, 0.4) is 0 Å². The third kappa shape index (κ3) is 3.64. The normalized spacial score (nSPS) is 17.6.